The zero-order chi connectivity index (χ0) is 19.1. The monoisotopic (exact) mass is 356 g/mol. The van der Waals surface area contributed by atoms with Crippen LogP contribution in [0, 0.1) is 0 Å². The highest BCUT2D eigenvalue weighted by Crippen LogP contribution is 2.22. The van der Waals surface area contributed by atoms with Gasteiger partial charge in [0, 0.05) is 23.6 Å². The first-order valence-corrected chi connectivity index (χ1v) is 8.25. The summed E-state index contributed by atoms with van der Waals surface area (Å²) in [4.78, 5) is 8.91. The molecule has 0 amide bonds. The molecule has 0 aromatic heterocycles. The van der Waals surface area contributed by atoms with E-state index in [1.54, 1.807) is 63.0 Å². The van der Waals surface area contributed by atoms with Gasteiger partial charge in [0.1, 0.15) is 23.0 Å². The summed E-state index contributed by atoms with van der Waals surface area (Å²) in [5, 5.41) is 19.8. The number of methoxy groups -OCH3 is 2. The highest BCUT2D eigenvalue weighted by atomic mass is 16.5. The molecule has 2 unspecified atom stereocenters. The Labute approximate surface area is 153 Å². The molecule has 6 heteroatoms. The van der Waals surface area contributed by atoms with Crippen LogP contribution in [0.3, 0.4) is 0 Å². The Bertz CT molecular complexity index is 735. The molecule has 0 saturated heterocycles. The van der Waals surface area contributed by atoms with Crippen LogP contribution >= 0.6 is 0 Å². The van der Waals surface area contributed by atoms with E-state index in [-0.39, 0.29) is 23.6 Å². The van der Waals surface area contributed by atoms with Gasteiger partial charge in [-0.3, -0.25) is 9.98 Å². The first kappa shape index (κ1) is 19.3. The molecule has 6 nitrogen and oxygen atoms in total. The van der Waals surface area contributed by atoms with E-state index in [1.807, 2.05) is 13.8 Å². The van der Waals surface area contributed by atoms with Crippen LogP contribution in [0.1, 0.15) is 25.0 Å². The lowest BCUT2D eigenvalue weighted by atomic mass is 10.1. The van der Waals surface area contributed by atoms with Crippen molar-refractivity contribution in [2.24, 2.45) is 9.98 Å². The van der Waals surface area contributed by atoms with Crippen LogP contribution in [-0.2, 0) is 0 Å². The fraction of sp³-hybridized carbons (Fsp3) is 0.300. The molecule has 0 spiro atoms. The Morgan fingerprint density at radius 2 is 1.15 bits per heavy atom. The van der Waals surface area contributed by atoms with Gasteiger partial charge in [-0.2, -0.15) is 0 Å². The highest BCUT2D eigenvalue weighted by Gasteiger charge is 2.09. The average Bonchev–Trinajstić information content (AvgIpc) is 2.66. The van der Waals surface area contributed by atoms with Crippen LogP contribution in [0.4, 0.5) is 0 Å². The SMILES string of the molecule is COc1ccc(O)c(C=NC(C)C(C)N=Cc2cc(OC)ccc2O)c1. The summed E-state index contributed by atoms with van der Waals surface area (Å²) in [5.41, 5.74) is 1.16. The van der Waals surface area contributed by atoms with Crippen molar-refractivity contribution in [1.82, 2.24) is 0 Å². The number of ether oxygens (including phenoxy) is 2. The van der Waals surface area contributed by atoms with Gasteiger partial charge in [-0.1, -0.05) is 0 Å². The van der Waals surface area contributed by atoms with E-state index < -0.39 is 0 Å². The second-order valence-corrected chi connectivity index (χ2v) is 5.89. The molecule has 26 heavy (non-hydrogen) atoms. The highest BCUT2D eigenvalue weighted by molar-refractivity contribution is 5.85. The van der Waals surface area contributed by atoms with Gasteiger partial charge < -0.3 is 19.7 Å². The number of aliphatic imine (C=N–C) groups is 2. The van der Waals surface area contributed by atoms with Crippen molar-refractivity contribution in [2.75, 3.05) is 14.2 Å². The van der Waals surface area contributed by atoms with Crippen molar-refractivity contribution in [1.29, 1.82) is 0 Å². The Kier molecular flexibility index (Phi) is 6.60. The molecule has 0 bridgehead atoms. The average molecular weight is 356 g/mol. The molecule has 138 valence electrons. The number of hydrogen-bond donors (Lipinski definition) is 2. The number of rotatable bonds is 7. The van der Waals surface area contributed by atoms with Crippen LogP contribution < -0.4 is 9.47 Å². The van der Waals surface area contributed by atoms with Gasteiger partial charge >= 0.3 is 0 Å². The Morgan fingerprint density at radius 3 is 1.50 bits per heavy atom. The largest absolute Gasteiger partial charge is 0.507 e. The van der Waals surface area contributed by atoms with Crippen molar-refractivity contribution >= 4 is 12.4 Å². The zero-order valence-electron chi connectivity index (χ0n) is 15.4. The number of aromatic hydroxyl groups is 2. The van der Waals surface area contributed by atoms with Crippen molar-refractivity contribution in [2.45, 2.75) is 25.9 Å². The molecule has 0 aliphatic rings. The van der Waals surface area contributed by atoms with Gasteiger partial charge in [0.25, 0.3) is 0 Å². The fourth-order valence-electron chi connectivity index (χ4n) is 2.17. The Hall–Kier alpha value is -3.02. The summed E-state index contributed by atoms with van der Waals surface area (Å²) in [6, 6.07) is 9.69. The lowest BCUT2D eigenvalue weighted by Gasteiger charge is -2.12. The van der Waals surface area contributed by atoms with E-state index >= 15 is 0 Å². The van der Waals surface area contributed by atoms with Gasteiger partial charge in [0.15, 0.2) is 0 Å². The van der Waals surface area contributed by atoms with Crippen LogP contribution in [0.25, 0.3) is 0 Å². The van der Waals surface area contributed by atoms with E-state index in [4.69, 9.17) is 9.47 Å². The van der Waals surface area contributed by atoms with E-state index in [9.17, 15) is 10.2 Å². The topological polar surface area (TPSA) is 83.6 Å². The molecule has 2 N–H and O–H groups in total. The van der Waals surface area contributed by atoms with Crippen LogP contribution in [0.5, 0.6) is 23.0 Å². The molecule has 0 fully saturated rings. The third-order valence-electron chi connectivity index (χ3n) is 4.07. The molecule has 2 rings (SSSR count). The van der Waals surface area contributed by atoms with Gasteiger partial charge in [0.05, 0.1) is 26.3 Å². The third-order valence-corrected chi connectivity index (χ3v) is 4.07. The molecule has 2 atom stereocenters. The normalized spacial score (nSPS) is 13.8. The van der Waals surface area contributed by atoms with Gasteiger partial charge in [0.2, 0.25) is 0 Å². The lowest BCUT2D eigenvalue weighted by molar-refractivity contribution is 0.412. The van der Waals surface area contributed by atoms with Crippen molar-refractivity contribution in [3.05, 3.63) is 47.5 Å². The predicted molar refractivity (Wildman–Crippen MR) is 103 cm³/mol. The van der Waals surface area contributed by atoms with Crippen molar-refractivity contribution in [3.8, 4) is 23.0 Å². The smallest absolute Gasteiger partial charge is 0.124 e. The minimum Gasteiger partial charge on any atom is -0.507 e. The number of benzene rings is 2. The molecular weight excluding hydrogens is 332 g/mol. The molecule has 2 aromatic carbocycles. The summed E-state index contributed by atoms with van der Waals surface area (Å²) in [7, 11) is 3.14. The van der Waals surface area contributed by atoms with Crippen molar-refractivity contribution < 1.29 is 19.7 Å². The van der Waals surface area contributed by atoms with E-state index in [2.05, 4.69) is 9.98 Å². The summed E-state index contributed by atoms with van der Waals surface area (Å²) in [6.45, 7) is 3.86. The summed E-state index contributed by atoms with van der Waals surface area (Å²) in [6.07, 6.45) is 3.22. The lowest BCUT2D eigenvalue weighted by Crippen LogP contribution is -2.16. The zero-order valence-corrected chi connectivity index (χ0v) is 15.4. The minimum atomic E-state index is -0.121. The van der Waals surface area contributed by atoms with Crippen LogP contribution in [0.2, 0.25) is 0 Å². The molecule has 0 saturated carbocycles. The predicted octanol–water partition coefficient (Wildman–Crippen LogP) is 3.43. The summed E-state index contributed by atoms with van der Waals surface area (Å²) < 4.78 is 10.3. The van der Waals surface area contributed by atoms with E-state index in [0.717, 1.165) is 0 Å². The van der Waals surface area contributed by atoms with Gasteiger partial charge in [-0.05, 0) is 50.2 Å². The fourth-order valence-corrected chi connectivity index (χ4v) is 2.17. The maximum atomic E-state index is 9.90. The third kappa shape index (κ3) is 4.99. The van der Waals surface area contributed by atoms with E-state index in [1.165, 1.54) is 0 Å². The van der Waals surface area contributed by atoms with Crippen molar-refractivity contribution in [3.63, 3.8) is 0 Å². The Balaban J connectivity index is 2.09. The molecule has 2 aromatic rings. The number of phenols is 2. The van der Waals surface area contributed by atoms with E-state index in [0.29, 0.717) is 22.6 Å². The number of nitrogens with zero attached hydrogens (tertiary/aromatic N) is 2. The van der Waals surface area contributed by atoms with Gasteiger partial charge in [-0.25, -0.2) is 0 Å². The second-order valence-electron chi connectivity index (χ2n) is 5.89. The minimum absolute atomic E-state index is 0.121. The summed E-state index contributed by atoms with van der Waals surface area (Å²) in [5.74, 6) is 1.58. The van der Waals surface area contributed by atoms with Crippen LogP contribution in [-0.4, -0.2) is 48.9 Å². The number of phenolic OH excluding ortho intramolecular Hbond substituents is 2. The molecule has 0 aliphatic heterocycles. The molecular formula is C20H24N2O4. The molecule has 0 radical (unpaired) electrons. The molecule has 0 aliphatic carbocycles. The van der Waals surface area contributed by atoms with Gasteiger partial charge in [-0.15, -0.1) is 0 Å². The maximum absolute atomic E-state index is 9.90. The quantitative estimate of drug-likeness (QED) is 0.745. The summed E-state index contributed by atoms with van der Waals surface area (Å²) >= 11 is 0. The maximum Gasteiger partial charge on any atom is 0.124 e. The molecule has 0 heterocycles. The number of hydrogen-bond acceptors (Lipinski definition) is 6. The first-order chi connectivity index (χ1) is 12.4. The first-order valence-electron chi connectivity index (χ1n) is 8.25. The standard InChI is InChI=1S/C20H24N2O4/c1-13(21-11-15-9-17(25-3)5-7-19(15)23)14(2)22-12-16-10-18(26-4)6-8-20(16)24/h5-14,23-24H,1-4H3. The second kappa shape index (κ2) is 8.89. The van der Waals surface area contributed by atoms with Crippen LogP contribution in [0.15, 0.2) is 46.4 Å². The Morgan fingerprint density at radius 1 is 0.769 bits per heavy atom.